The molecule has 0 spiro atoms. The van der Waals surface area contributed by atoms with Crippen molar-refractivity contribution in [3.63, 3.8) is 0 Å². The van der Waals surface area contributed by atoms with Crippen molar-refractivity contribution in [2.45, 2.75) is 133 Å². The van der Waals surface area contributed by atoms with E-state index < -0.39 is 78.0 Å². The lowest BCUT2D eigenvalue weighted by Crippen LogP contribution is -2.55. The minimum absolute atomic E-state index is 0.0227. The van der Waals surface area contributed by atoms with Crippen LogP contribution in [0.25, 0.3) is 10.9 Å². The van der Waals surface area contributed by atoms with Crippen LogP contribution < -0.4 is 20.1 Å². The van der Waals surface area contributed by atoms with E-state index >= 15 is 0 Å². The molecule has 3 heterocycles. The molecule has 0 bridgehead atoms. The normalized spacial score (nSPS) is 27.0. The summed E-state index contributed by atoms with van der Waals surface area (Å²) in [6, 6.07) is 8.47. The molecule has 1 aromatic heterocycles. The topological polar surface area (TPSA) is 156 Å². The number of hydrogen-bond acceptors (Lipinski definition) is 8. The van der Waals surface area contributed by atoms with Crippen LogP contribution in [-0.2, 0) is 25.1 Å². The summed E-state index contributed by atoms with van der Waals surface area (Å²) in [6.07, 6.45) is 5.86. The molecule has 15 heteroatoms. The average molecular weight is 811 g/mol. The molecule has 4 fully saturated rings. The minimum Gasteiger partial charge on any atom is -0.488 e. The van der Waals surface area contributed by atoms with E-state index in [2.05, 4.69) is 15.6 Å². The van der Waals surface area contributed by atoms with Crippen LogP contribution in [0.4, 0.5) is 13.6 Å². The molecule has 3 N–H and O–H groups in total. The number of carbonyl (C=O) groups is 3. The van der Waals surface area contributed by atoms with E-state index in [1.54, 1.807) is 6.07 Å². The fourth-order valence-corrected chi connectivity index (χ4v) is 11.4. The van der Waals surface area contributed by atoms with Crippen molar-refractivity contribution in [2.75, 3.05) is 13.2 Å². The molecule has 3 aromatic rings. The summed E-state index contributed by atoms with van der Waals surface area (Å²) in [5, 5.41) is 4.78. The Labute approximate surface area is 331 Å². The number of nitrogens with one attached hydrogen (secondary N) is 2. The molecule has 57 heavy (non-hydrogen) atoms. The first-order valence-electron chi connectivity index (χ1n) is 20.4. The Morgan fingerprint density at radius 1 is 1.00 bits per heavy atom. The van der Waals surface area contributed by atoms with Gasteiger partial charge in [0, 0.05) is 23.4 Å². The van der Waals surface area contributed by atoms with Gasteiger partial charge in [-0.3, -0.25) is 14.2 Å². The molecule has 2 saturated carbocycles. The molecule has 2 aliphatic heterocycles. The SMILES string of the molecule is CCOc1cc(OC2C[C@H]3C(=O)N[C@]4(P(=O)(O)Cc5c(F)cccc5F)C[C@H]4CCCCCCC[C@H](NC(=O)OC4CCCC4)C(=O)N3C2)c2cccc(C)c2n1. The standard InChI is InChI=1S/C42H53F2N4O8P/c1-3-54-37-22-36(30-17-11-13-26(2)38(30)46-37)55-29-21-35-39(49)47-42(57(52,53)25-31-32(43)18-12-19-33(31)44)23-27(42)14-7-5-4-6-8-20-34(40(50)48(35)24-29)45-41(51)56-28-15-9-10-16-28/h11-13,17-19,22,27-29,34-35H,3-10,14-16,20-21,23-25H2,1-2H3,(H,45,51)(H,47,49)(H,52,53)/t27-,29?,34+,35+,42+/m1/s1. The summed E-state index contributed by atoms with van der Waals surface area (Å²) < 4.78 is 62.1. The van der Waals surface area contributed by atoms with Gasteiger partial charge in [-0.25, -0.2) is 18.6 Å². The predicted octanol–water partition coefficient (Wildman–Crippen LogP) is 7.65. The Bertz CT molecular complexity index is 2010. The van der Waals surface area contributed by atoms with Gasteiger partial charge in [0.15, 0.2) is 0 Å². The van der Waals surface area contributed by atoms with Gasteiger partial charge in [0.2, 0.25) is 25.1 Å². The lowest BCUT2D eigenvalue weighted by atomic mass is 10.0. The largest absolute Gasteiger partial charge is 0.488 e. The first kappa shape index (κ1) is 40.9. The van der Waals surface area contributed by atoms with E-state index in [0.29, 0.717) is 48.4 Å². The van der Waals surface area contributed by atoms with Crippen LogP contribution >= 0.6 is 7.37 Å². The first-order valence-corrected chi connectivity index (χ1v) is 22.3. The van der Waals surface area contributed by atoms with Crippen molar-refractivity contribution in [1.29, 1.82) is 0 Å². The van der Waals surface area contributed by atoms with E-state index in [4.69, 9.17) is 14.2 Å². The third-order valence-corrected chi connectivity index (χ3v) is 14.7. The van der Waals surface area contributed by atoms with Crippen LogP contribution in [0.3, 0.4) is 0 Å². The number of hydrogen-bond donors (Lipinski definition) is 3. The van der Waals surface area contributed by atoms with Crippen molar-refractivity contribution >= 4 is 36.2 Å². The van der Waals surface area contributed by atoms with Gasteiger partial charge in [-0.1, -0.05) is 50.3 Å². The molecule has 308 valence electrons. The summed E-state index contributed by atoms with van der Waals surface area (Å²) in [4.78, 5) is 60.3. The molecular formula is C42H53F2N4O8P. The molecular weight excluding hydrogens is 757 g/mol. The number of aromatic nitrogens is 1. The summed E-state index contributed by atoms with van der Waals surface area (Å²) in [6.45, 7) is 4.12. The maximum absolute atomic E-state index is 14.8. The highest BCUT2D eigenvalue weighted by Gasteiger charge is 2.66. The van der Waals surface area contributed by atoms with Gasteiger partial charge in [0.25, 0.3) is 0 Å². The van der Waals surface area contributed by atoms with Crippen LogP contribution in [0, 0.1) is 24.5 Å². The summed E-state index contributed by atoms with van der Waals surface area (Å²) in [5.41, 5.74) is 1.07. The Balaban J connectivity index is 1.21. The Hall–Kier alpha value is -4.29. The second-order valence-corrected chi connectivity index (χ2v) is 18.6. The van der Waals surface area contributed by atoms with Gasteiger partial charge >= 0.3 is 6.09 Å². The van der Waals surface area contributed by atoms with E-state index in [1.807, 2.05) is 32.0 Å². The second kappa shape index (κ2) is 17.3. The molecule has 2 saturated heterocycles. The van der Waals surface area contributed by atoms with Crippen molar-refractivity contribution in [2.24, 2.45) is 5.92 Å². The predicted molar refractivity (Wildman–Crippen MR) is 209 cm³/mol. The third kappa shape index (κ3) is 8.92. The second-order valence-electron chi connectivity index (χ2n) is 16.1. The van der Waals surface area contributed by atoms with Gasteiger partial charge in [-0.15, -0.1) is 0 Å². The number of alkyl carbamates (subject to hydrolysis) is 1. The molecule has 2 unspecified atom stereocenters. The third-order valence-electron chi connectivity index (χ3n) is 12.1. The molecule has 6 atom stereocenters. The van der Waals surface area contributed by atoms with Crippen LogP contribution in [0.15, 0.2) is 42.5 Å². The lowest BCUT2D eigenvalue weighted by Gasteiger charge is -2.31. The van der Waals surface area contributed by atoms with E-state index in [9.17, 15) is 32.6 Å². The number of aryl methyl sites for hydroxylation is 1. The molecule has 0 radical (unpaired) electrons. The highest BCUT2D eigenvalue weighted by atomic mass is 31.2. The molecule has 4 aliphatic rings. The van der Waals surface area contributed by atoms with Gasteiger partial charge in [-0.05, 0) is 88.5 Å². The summed E-state index contributed by atoms with van der Waals surface area (Å²) in [5.74, 6) is -2.64. The summed E-state index contributed by atoms with van der Waals surface area (Å²) >= 11 is 0. The van der Waals surface area contributed by atoms with Gasteiger partial charge in [0.05, 0.1) is 24.8 Å². The number of para-hydroxylation sites is 1. The number of fused-ring (bicyclic) bond motifs is 3. The Morgan fingerprint density at radius 3 is 2.42 bits per heavy atom. The van der Waals surface area contributed by atoms with Crippen LogP contribution in [-0.4, -0.2) is 75.4 Å². The maximum Gasteiger partial charge on any atom is 0.408 e. The number of nitrogens with zero attached hydrogens (tertiary/aromatic N) is 2. The zero-order chi connectivity index (χ0) is 40.3. The zero-order valence-electron chi connectivity index (χ0n) is 32.6. The van der Waals surface area contributed by atoms with Crippen molar-refractivity contribution in [3.8, 4) is 11.6 Å². The number of pyridine rings is 1. The number of halogens is 2. The zero-order valence-corrected chi connectivity index (χ0v) is 33.5. The van der Waals surface area contributed by atoms with Gasteiger partial charge in [0.1, 0.15) is 47.0 Å². The molecule has 12 nitrogen and oxygen atoms in total. The Kier molecular flexibility index (Phi) is 12.4. The van der Waals surface area contributed by atoms with Crippen molar-refractivity contribution < 1.29 is 46.8 Å². The van der Waals surface area contributed by atoms with E-state index in [-0.39, 0.29) is 25.5 Å². The number of rotatable bonds is 9. The Morgan fingerprint density at radius 2 is 1.68 bits per heavy atom. The van der Waals surface area contributed by atoms with Gasteiger partial charge in [-0.2, -0.15) is 0 Å². The number of benzene rings is 2. The molecule has 2 aromatic carbocycles. The van der Waals surface area contributed by atoms with Crippen LogP contribution in [0.5, 0.6) is 11.6 Å². The highest BCUT2D eigenvalue weighted by molar-refractivity contribution is 7.59. The quantitative estimate of drug-likeness (QED) is 0.185. The number of carbonyl (C=O) groups excluding carboxylic acids is 3. The van der Waals surface area contributed by atoms with Crippen molar-refractivity contribution in [1.82, 2.24) is 20.5 Å². The van der Waals surface area contributed by atoms with Gasteiger partial charge < -0.3 is 34.6 Å². The van der Waals surface area contributed by atoms with Crippen LogP contribution in [0.2, 0.25) is 0 Å². The minimum atomic E-state index is -4.51. The highest BCUT2D eigenvalue weighted by Crippen LogP contribution is 2.71. The fourth-order valence-electron chi connectivity index (χ4n) is 8.93. The van der Waals surface area contributed by atoms with E-state index in [1.165, 1.54) is 11.0 Å². The fraction of sp³-hybridized carbons (Fsp3) is 0.571. The maximum atomic E-state index is 14.8. The van der Waals surface area contributed by atoms with Crippen molar-refractivity contribution in [3.05, 3.63) is 65.2 Å². The lowest BCUT2D eigenvalue weighted by molar-refractivity contribution is -0.140. The number of amides is 3. The van der Waals surface area contributed by atoms with E-state index in [0.717, 1.165) is 69.1 Å². The average Bonchev–Trinajstić information content (AvgIpc) is 3.43. The summed E-state index contributed by atoms with van der Waals surface area (Å²) in [7, 11) is -4.51. The first-order chi connectivity index (χ1) is 27.4. The molecule has 7 rings (SSSR count). The molecule has 2 aliphatic carbocycles. The van der Waals surface area contributed by atoms with Crippen LogP contribution in [0.1, 0.15) is 102 Å². The monoisotopic (exact) mass is 810 g/mol. The smallest absolute Gasteiger partial charge is 0.408 e. The molecule has 3 amide bonds. The number of ether oxygens (including phenoxy) is 3.